The Kier molecular flexibility index (Phi) is 5.36. The molecule has 0 aromatic heterocycles. The van der Waals surface area contributed by atoms with Gasteiger partial charge in [0.25, 0.3) is 0 Å². The lowest BCUT2D eigenvalue weighted by Gasteiger charge is -2.27. The van der Waals surface area contributed by atoms with E-state index in [1.165, 1.54) is 30.3 Å². The standard InChI is InChI=1S/C15H13F4N.ClH/c16-14(17,12-4-2-1-3-5-12)15(18,19)13-8-6-11(10-20)7-9-13;/h1-9H,10,20H2;1H. The summed E-state index contributed by atoms with van der Waals surface area (Å²) in [5.74, 6) is -8.57. The zero-order valence-corrected chi connectivity index (χ0v) is 11.7. The van der Waals surface area contributed by atoms with Crippen LogP contribution in [0.5, 0.6) is 0 Å². The van der Waals surface area contributed by atoms with Crippen molar-refractivity contribution in [3.05, 3.63) is 71.3 Å². The van der Waals surface area contributed by atoms with Crippen molar-refractivity contribution in [3.63, 3.8) is 0 Å². The molecule has 0 aliphatic heterocycles. The molecule has 0 aliphatic carbocycles. The van der Waals surface area contributed by atoms with Crippen LogP contribution in [-0.2, 0) is 18.4 Å². The summed E-state index contributed by atoms with van der Waals surface area (Å²) in [6.45, 7) is 0.168. The fraction of sp³-hybridized carbons (Fsp3) is 0.200. The number of hydrogen-bond acceptors (Lipinski definition) is 1. The molecular weight excluding hydrogens is 306 g/mol. The molecule has 0 saturated heterocycles. The molecule has 2 N–H and O–H groups in total. The predicted octanol–water partition coefficient (Wildman–Crippen LogP) is 4.45. The molecule has 0 saturated carbocycles. The zero-order valence-electron chi connectivity index (χ0n) is 10.9. The average molecular weight is 320 g/mol. The SMILES string of the molecule is Cl.NCc1ccc(C(F)(F)C(F)(F)c2ccccc2)cc1. The van der Waals surface area contributed by atoms with E-state index in [1.807, 2.05) is 0 Å². The Bertz CT molecular complexity index is 570. The van der Waals surface area contributed by atoms with E-state index < -0.39 is 23.0 Å². The van der Waals surface area contributed by atoms with Gasteiger partial charge < -0.3 is 5.73 Å². The molecule has 0 aliphatic rings. The largest absolute Gasteiger partial charge is 0.339 e. The molecule has 2 rings (SSSR count). The maximum Gasteiger partial charge on any atom is 0.339 e. The van der Waals surface area contributed by atoms with Gasteiger partial charge >= 0.3 is 11.8 Å². The third-order valence-electron chi connectivity index (χ3n) is 3.08. The zero-order chi connectivity index (χ0) is 14.8. The van der Waals surface area contributed by atoms with Crippen molar-refractivity contribution in [3.8, 4) is 0 Å². The normalized spacial score (nSPS) is 11.9. The summed E-state index contributed by atoms with van der Waals surface area (Å²) in [6, 6.07) is 10.7. The number of alkyl halides is 4. The first-order valence-electron chi connectivity index (χ1n) is 6.00. The van der Waals surface area contributed by atoms with E-state index in [-0.39, 0.29) is 19.0 Å². The van der Waals surface area contributed by atoms with Gasteiger partial charge in [0, 0.05) is 17.7 Å². The van der Waals surface area contributed by atoms with Crippen molar-refractivity contribution in [2.75, 3.05) is 0 Å². The van der Waals surface area contributed by atoms with Crippen molar-refractivity contribution in [1.29, 1.82) is 0 Å². The highest BCUT2D eigenvalue weighted by Gasteiger charge is 2.58. The van der Waals surface area contributed by atoms with E-state index >= 15 is 0 Å². The lowest BCUT2D eigenvalue weighted by molar-refractivity contribution is -0.223. The van der Waals surface area contributed by atoms with Crippen LogP contribution in [0.1, 0.15) is 16.7 Å². The van der Waals surface area contributed by atoms with Crippen molar-refractivity contribution in [2.24, 2.45) is 5.73 Å². The van der Waals surface area contributed by atoms with E-state index in [0.29, 0.717) is 5.56 Å². The van der Waals surface area contributed by atoms with E-state index in [9.17, 15) is 17.6 Å². The lowest BCUT2D eigenvalue weighted by atomic mass is 9.95. The molecule has 0 fully saturated rings. The predicted molar refractivity (Wildman–Crippen MR) is 75.8 cm³/mol. The van der Waals surface area contributed by atoms with Gasteiger partial charge in [-0.25, -0.2) is 0 Å². The molecule has 0 radical (unpaired) electrons. The summed E-state index contributed by atoms with van der Waals surface area (Å²) in [5.41, 5.74) is 4.51. The summed E-state index contributed by atoms with van der Waals surface area (Å²) >= 11 is 0. The second kappa shape index (κ2) is 6.45. The molecule has 0 unspecified atom stereocenters. The molecule has 1 nitrogen and oxygen atoms in total. The van der Waals surface area contributed by atoms with Crippen molar-refractivity contribution < 1.29 is 17.6 Å². The number of halogens is 5. The molecule has 21 heavy (non-hydrogen) atoms. The smallest absolute Gasteiger partial charge is 0.326 e. The number of benzene rings is 2. The van der Waals surface area contributed by atoms with Gasteiger partial charge in [-0.3, -0.25) is 0 Å². The third-order valence-corrected chi connectivity index (χ3v) is 3.08. The van der Waals surface area contributed by atoms with Gasteiger partial charge in [-0.15, -0.1) is 12.4 Å². The van der Waals surface area contributed by atoms with Gasteiger partial charge in [-0.2, -0.15) is 17.6 Å². The molecule has 0 heterocycles. The van der Waals surface area contributed by atoms with E-state index in [0.717, 1.165) is 24.3 Å². The third kappa shape index (κ3) is 3.19. The quantitative estimate of drug-likeness (QED) is 0.828. The van der Waals surface area contributed by atoms with Crippen LogP contribution >= 0.6 is 12.4 Å². The summed E-state index contributed by atoms with van der Waals surface area (Å²) in [7, 11) is 0. The molecule has 2 aromatic rings. The molecule has 0 bridgehead atoms. The van der Waals surface area contributed by atoms with Crippen LogP contribution < -0.4 is 5.73 Å². The summed E-state index contributed by atoms with van der Waals surface area (Å²) in [4.78, 5) is 0. The summed E-state index contributed by atoms with van der Waals surface area (Å²) in [6.07, 6.45) is 0. The molecule has 0 spiro atoms. The van der Waals surface area contributed by atoms with Crippen LogP contribution in [0.25, 0.3) is 0 Å². The van der Waals surface area contributed by atoms with Crippen molar-refractivity contribution >= 4 is 12.4 Å². The minimum absolute atomic E-state index is 0. The lowest BCUT2D eigenvalue weighted by Crippen LogP contribution is -2.35. The second-order valence-corrected chi connectivity index (χ2v) is 4.42. The Hall–Kier alpha value is -1.59. The molecule has 0 amide bonds. The molecule has 114 valence electrons. The summed E-state index contributed by atoms with van der Waals surface area (Å²) in [5, 5.41) is 0. The highest BCUT2D eigenvalue weighted by atomic mass is 35.5. The van der Waals surface area contributed by atoms with Gasteiger partial charge in [0.1, 0.15) is 0 Å². The van der Waals surface area contributed by atoms with Crippen molar-refractivity contribution in [2.45, 2.75) is 18.4 Å². The molecule has 0 atom stereocenters. The first-order valence-corrected chi connectivity index (χ1v) is 6.00. The van der Waals surface area contributed by atoms with Crippen LogP contribution in [0.2, 0.25) is 0 Å². The highest BCUT2D eigenvalue weighted by Crippen LogP contribution is 2.49. The topological polar surface area (TPSA) is 26.0 Å². The maximum absolute atomic E-state index is 14.1. The van der Waals surface area contributed by atoms with Gasteiger partial charge in [-0.05, 0) is 5.56 Å². The molecular formula is C15H14ClF4N. The number of rotatable bonds is 4. The fourth-order valence-electron chi connectivity index (χ4n) is 1.86. The number of nitrogens with two attached hydrogens (primary N) is 1. The van der Waals surface area contributed by atoms with Crippen LogP contribution in [0, 0.1) is 0 Å². The van der Waals surface area contributed by atoms with E-state index in [1.54, 1.807) is 0 Å². The van der Waals surface area contributed by atoms with Crippen LogP contribution in [0.3, 0.4) is 0 Å². The fourth-order valence-corrected chi connectivity index (χ4v) is 1.86. The Morgan fingerprint density at radius 2 is 1.14 bits per heavy atom. The first-order chi connectivity index (χ1) is 9.39. The van der Waals surface area contributed by atoms with Gasteiger partial charge in [0.2, 0.25) is 0 Å². The Labute approximate surface area is 126 Å². The van der Waals surface area contributed by atoms with Crippen LogP contribution in [-0.4, -0.2) is 0 Å². The van der Waals surface area contributed by atoms with Gasteiger partial charge in [0.05, 0.1) is 0 Å². The highest BCUT2D eigenvalue weighted by molar-refractivity contribution is 5.85. The first kappa shape index (κ1) is 17.5. The molecule has 6 heteroatoms. The summed E-state index contributed by atoms with van der Waals surface area (Å²) < 4.78 is 56.2. The monoisotopic (exact) mass is 319 g/mol. The van der Waals surface area contributed by atoms with E-state index in [4.69, 9.17) is 5.73 Å². The van der Waals surface area contributed by atoms with Crippen LogP contribution in [0.4, 0.5) is 17.6 Å². The van der Waals surface area contributed by atoms with Gasteiger partial charge in [-0.1, -0.05) is 54.6 Å². The molecule has 2 aromatic carbocycles. The minimum atomic E-state index is -4.29. The van der Waals surface area contributed by atoms with Crippen molar-refractivity contribution in [1.82, 2.24) is 0 Å². The number of hydrogen-bond donors (Lipinski definition) is 1. The van der Waals surface area contributed by atoms with Crippen LogP contribution in [0.15, 0.2) is 54.6 Å². The maximum atomic E-state index is 14.1. The minimum Gasteiger partial charge on any atom is -0.326 e. The average Bonchev–Trinajstić information content (AvgIpc) is 2.48. The Morgan fingerprint density at radius 1 is 0.714 bits per heavy atom. The van der Waals surface area contributed by atoms with Gasteiger partial charge in [0.15, 0.2) is 0 Å². The van der Waals surface area contributed by atoms with E-state index in [2.05, 4.69) is 0 Å². The Balaban J connectivity index is 0.00000220. The second-order valence-electron chi connectivity index (χ2n) is 4.42. The Morgan fingerprint density at radius 3 is 1.57 bits per heavy atom.